The fraction of sp³-hybridized carbons (Fsp3) is 0.429. The van der Waals surface area contributed by atoms with Crippen LogP contribution in [-0.4, -0.2) is 4.57 Å². The fourth-order valence-corrected chi connectivity index (χ4v) is 3.72. The lowest BCUT2D eigenvalue weighted by atomic mass is 9.88. The van der Waals surface area contributed by atoms with Gasteiger partial charge in [-0.2, -0.15) is 0 Å². The molecule has 0 bridgehead atoms. The minimum atomic E-state index is -0.120. The second-order valence-corrected chi connectivity index (χ2v) is 6.01. The zero-order valence-corrected chi connectivity index (χ0v) is 11.6. The van der Waals surface area contributed by atoms with E-state index in [9.17, 15) is 0 Å². The number of aryl methyl sites for hydroxylation is 1. The van der Waals surface area contributed by atoms with Crippen molar-refractivity contribution in [2.75, 3.05) is 0 Å². The summed E-state index contributed by atoms with van der Waals surface area (Å²) in [5.74, 6) is 0. The van der Waals surface area contributed by atoms with Crippen molar-refractivity contribution in [3.8, 4) is 0 Å². The number of nitrogens with two attached hydrogens (primary N) is 1. The zero-order chi connectivity index (χ0) is 12.0. The Bertz CT molecular complexity index is 565. The van der Waals surface area contributed by atoms with Crippen molar-refractivity contribution in [1.82, 2.24) is 4.57 Å². The molecule has 1 aromatic heterocycles. The summed E-state index contributed by atoms with van der Waals surface area (Å²) in [4.78, 5) is 0. The summed E-state index contributed by atoms with van der Waals surface area (Å²) >= 11 is 3.62. The van der Waals surface area contributed by atoms with Gasteiger partial charge >= 0.3 is 0 Å². The summed E-state index contributed by atoms with van der Waals surface area (Å²) in [6.45, 7) is 0. The van der Waals surface area contributed by atoms with Gasteiger partial charge in [0.2, 0.25) is 0 Å². The molecule has 0 aliphatic heterocycles. The van der Waals surface area contributed by atoms with Crippen LogP contribution in [0.2, 0.25) is 0 Å². The smallest absolute Gasteiger partial charge is 0.0540 e. The van der Waals surface area contributed by atoms with E-state index >= 15 is 0 Å². The van der Waals surface area contributed by atoms with E-state index in [0.29, 0.717) is 0 Å². The van der Waals surface area contributed by atoms with Crippen molar-refractivity contribution in [2.45, 2.75) is 31.2 Å². The van der Waals surface area contributed by atoms with Crippen LogP contribution in [0, 0.1) is 0 Å². The van der Waals surface area contributed by atoms with Crippen molar-refractivity contribution in [1.29, 1.82) is 0 Å². The number of halogens is 1. The van der Waals surface area contributed by atoms with Gasteiger partial charge in [0.15, 0.2) is 0 Å². The Morgan fingerprint density at radius 1 is 1.29 bits per heavy atom. The first kappa shape index (κ1) is 11.3. The topological polar surface area (TPSA) is 30.9 Å². The van der Waals surface area contributed by atoms with Crippen molar-refractivity contribution in [3.05, 3.63) is 34.4 Å². The molecule has 90 valence electrons. The van der Waals surface area contributed by atoms with E-state index < -0.39 is 0 Å². The van der Waals surface area contributed by atoms with Gasteiger partial charge in [0.25, 0.3) is 0 Å². The number of para-hydroxylation sites is 1. The molecule has 0 radical (unpaired) electrons. The minimum Gasteiger partial charge on any atom is -0.349 e. The van der Waals surface area contributed by atoms with Gasteiger partial charge in [0, 0.05) is 28.6 Å². The molecule has 1 aromatic carbocycles. The summed E-state index contributed by atoms with van der Waals surface area (Å²) in [5.41, 5.74) is 9.06. The highest BCUT2D eigenvalue weighted by molar-refractivity contribution is 9.10. The molecule has 2 nitrogen and oxygen atoms in total. The van der Waals surface area contributed by atoms with Gasteiger partial charge in [-0.25, -0.2) is 0 Å². The van der Waals surface area contributed by atoms with Gasteiger partial charge in [-0.1, -0.05) is 31.0 Å². The van der Waals surface area contributed by atoms with Gasteiger partial charge in [-0.3, -0.25) is 0 Å². The third-order valence-corrected chi connectivity index (χ3v) is 4.62. The Morgan fingerprint density at radius 3 is 2.71 bits per heavy atom. The van der Waals surface area contributed by atoms with Gasteiger partial charge in [-0.05, 0) is 34.3 Å². The molecular formula is C14H17BrN2. The first-order valence-corrected chi connectivity index (χ1v) is 6.94. The molecule has 0 saturated heterocycles. The maximum atomic E-state index is 6.60. The van der Waals surface area contributed by atoms with Crippen LogP contribution >= 0.6 is 15.9 Å². The number of benzene rings is 1. The summed E-state index contributed by atoms with van der Waals surface area (Å²) in [7, 11) is 2.09. The second kappa shape index (κ2) is 3.85. The molecular weight excluding hydrogens is 276 g/mol. The summed E-state index contributed by atoms with van der Waals surface area (Å²) in [5, 5.41) is 1.27. The molecule has 3 heteroatoms. The number of hydrogen-bond acceptors (Lipinski definition) is 1. The molecule has 1 heterocycles. The van der Waals surface area contributed by atoms with E-state index in [4.69, 9.17) is 5.73 Å². The normalized spacial score (nSPS) is 19.0. The number of fused-ring (bicyclic) bond motifs is 1. The lowest BCUT2D eigenvalue weighted by molar-refractivity contribution is 0.464. The highest BCUT2D eigenvalue weighted by Crippen LogP contribution is 2.40. The second-order valence-electron chi connectivity index (χ2n) is 5.15. The lowest BCUT2D eigenvalue weighted by Gasteiger charge is -2.25. The molecule has 2 aromatic rings. The van der Waals surface area contributed by atoms with Crippen LogP contribution in [0.25, 0.3) is 10.9 Å². The average molecular weight is 293 g/mol. The first-order valence-electron chi connectivity index (χ1n) is 6.15. The van der Waals surface area contributed by atoms with Crippen LogP contribution in [0.1, 0.15) is 31.2 Å². The van der Waals surface area contributed by atoms with E-state index in [2.05, 4.69) is 51.9 Å². The van der Waals surface area contributed by atoms with Crippen LogP contribution in [0.3, 0.4) is 0 Å². The van der Waals surface area contributed by atoms with Crippen molar-refractivity contribution in [3.63, 3.8) is 0 Å². The molecule has 3 rings (SSSR count). The van der Waals surface area contributed by atoms with Crippen LogP contribution in [-0.2, 0) is 12.6 Å². The van der Waals surface area contributed by atoms with E-state index in [1.54, 1.807) is 0 Å². The molecule has 0 spiro atoms. The van der Waals surface area contributed by atoms with Gasteiger partial charge in [0.1, 0.15) is 0 Å². The number of rotatable bonds is 1. The zero-order valence-electron chi connectivity index (χ0n) is 10.0. The highest BCUT2D eigenvalue weighted by atomic mass is 79.9. The molecule has 1 saturated carbocycles. The molecule has 0 unspecified atom stereocenters. The van der Waals surface area contributed by atoms with Gasteiger partial charge < -0.3 is 10.3 Å². The monoisotopic (exact) mass is 292 g/mol. The molecule has 1 aliphatic carbocycles. The van der Waals surface area contributed by atoms with E-state index in [1.807, 2.05) is 0 Å². The minimum absolute atomic E-state index is 0.120. The van der Waals surface area contributed by atoms with Crippen molar-refractivity contribution >= 4 is 26.8 Å². The van der Waals surface area contributed by atoms with Crippen LogP contribution < -0.4 is 5.73 Å². The standard InChI is InChI=1S/C14H17BrN2/c1-17-9-12(15)10-5-4-6-11(13(10)17)14(16)7-2-3-8-14/h4-6,9H,2-3,7-8,16H2,1H3. The van der Waals surface area contributed by atoms with Gasteiger partial charge in [-0.15, -0.1) is 0 Å². The lowest BCUT2D eigenvalue weighted by Crippen LogP contribution is -2.33. The van der Waals surface area contributed by atoms with Crippen LogP contribution in [0.15, 0.2) is 28.9 Å². The Morgan fingerprint density at radius 2 is 2.00 bits per heavy atom. The molecule has 1 aliphatic rings. The summed E-state index contributed by atoms with van der Waals surface area (Å²) in [6.07, 6.45) is 6.83. The maximum Gasteiger partial charge on any atom is 0.0540 e. The Labute approximate surface area is 110 Å². The maximum absolute atomic E-state index is 6.60. The molecule has 0 amide bonds. The third-order valence-electron chi connectivity index (χ3n) is 3.99. The predicted molar refractivity (Wildman–Crippen MR) is 75.0 cm³/mol. The van der Waals surface area contributed by atoms with Crippen LogP contribution in [0.4, 0.5) is 0 Å². The Hall–Kier alpha value is -0.800. The Balaban J connectivity index is 2.29. The average Bonchev–Trinajstić information content (AvgIpc) is 2.86. The predicted octanol–water partition coefficient (Wildman–Crippen LogP) is 3.67. The van der Waals surface area contributed by atoms with Crippen molar-refractivity contribution in [2.24, 2.45) is 12.8 Å². The summed E-state index contributed by atoms with van der Waals surface area (Å²) in [6, 6.07) is 6.47. The van der Waals surface area contributed by atoms with E-state index in [1.165, 1.54) is 29.3 Å². The van der Waals surface area contributed by atoms with Crippen LogP contribution in [0.5, 0.6) is 0 Å². The third kappa shape index (κ3) is 1.64. The molecule has 1 fully saturated rings. The van der Waals surface area contributed by atoms with Gasteiger partial charge in [0.05, 0.1) is 5.52 Å². The largest absolute Gasteiger partial charge is 0.349 e. The van der Waals surface area contributed by atoms with E-state index in [0.717, 1.165) is 17.3 Å². The molecule has 2 N–H and O–H groups in total. The number of aromatic nitrogens is 1. The molecule has 0 atom stereocenters. The van der Waals surface area contributed by atoms with Crippen molar-refractivity contribution < 1.29 is 0 Å². The summed E-state index contributed by atoms with van der Waals surface area (Å²) < 4.78 is 3.33. The van der Waals surface area contributed by atoms with E-state index in [-0.39, 0.29) is 5.54 Å². The Kier molecular flexibility index (Phi) is 2.56. The fourth-order valence-electron chi connectivity index (χ4n) is 3.10. The number of nitrogens with zero attached hydrogens (tertiary/aromatic N) is 1. The quantitative estimate of drug-likeness (QED) is 0.854. The SMILES string of the molecule is Cn1cc(Br)c2cccc(C3(N)CCCC3)c21. The molecule has 17 heavy (non-hydrogen) atoms. The highest BCUT2D eigenvalue weighted by Gasteiger charge is 2.33. The first-order chi connectivity index (χ1) is 8.12. The number of hydrogen-bond donors (Lipinski definition) is 1.